The summed E-state index contributed by atoms with van der Waals surface area (Å²) in [6.07, 6.45) is 3.80. The first kappa shape index (κ1) is 13.1. The second-order valence-electron chi connectivity index (χ2n) is 4.83. The van der Waals surface area contributed by atoms with Crippen LogP contribution in [0.1, 0.15) is 19.4 Å². The summed E-state index contributed by atoms with van der Waals surface area (Å²) in [5, 5.41) is 3.37. The number of nitrogens with one attached hydrogen (secondary N) is 1. The van der Waals surface area contributed by atoms with Crippen LogP contribution in [0.2, 0.25) is 0 Å². The highest BCUT2D eigenvalue weighted by atomic mass is 79.9. The SMILES string of the molecule is Cc1cc(-n2ccnc2NCC(C)C)ccc1Br. The number of imidazole rings is 1. The van der Waals surface area contributed by atoms with Crippen molar-refractivity contribution in [3.05, 3.63) is 40.6 Å². The molecule has 0 saturated carbocycles. The van der Waals surface area contributed by atoms with E-state index in [4.69, 9.17) is 0 Å². The van der Waals surface area contributed by atoms with Crippen LogP contribution in [-0.2, 0) is 0 Å². The molecule has 2 rings (SSSR count). The van der Waals surface area contributed by atoms with Crippen molar-refractivity contribution in [3.63, 3.8) is 0 Å². The lowest BCUT2D eigenvalue weighted by atomic mass is 10.2. The van der Waals surface area contributed by atoms with Crippen molar-refractivity contribution >= 4 is 21.9 Å². The Morgan fingerprint density at radius 1 is 1.39 bits per heavy atom. The third-order valence-electron chi connectivity index (χ3n) is 2.73. The second kappa shape index (κ2) is 5.57. The van der Waals surface area contributed by atoms with Crippen LogP contribution in [0.15, 0.2) is 35.1 Å². The van der Waals surface area contributed by atoms with Crippen LogP contribution >= 0.6 is 15.9 Å². The molecule has 2 aromatic rings. The van der Waals surface area contributed by atoms with E-state index in [9.17, 15) is 0 Å². The Bertz CT molecular complexity index is 532. The third-order valence-corrected chi connectivity index (χ3v) is 3.62. The standard InChI is InChI=1S/C14H18BrN3/c1-10(2)9-17-14-16-6-7-18(14)12-4-5-13(15)11(3)8-12/h4-8,10H,9H2,1-3H3,(H,16,17). The van der Waals surface area contributed by atoms with E-state index in [1.807, 2.05) is 12.4 Å². The van der Waals surface area contributed by atoms with Crippen molar-refractivity contribution in [2.45, 2.75) is 20.8 Å². The van der Waals surface area contributed by atoms with Gasteiger partial charge < -0.3 is 5.32 Å². The molecule has 1 aromatic heterocycles. The maximum atomic E-state index is 4.36. The van der Waals surface area contributed by atoms with E-state index in [1.165, 1.54) is 5.56 Å². The molecule has 0 aliphatic heterocycles. The predicted octanol–water partition coefficient (Wildman–Crippen LogP) is 4.01. The monoisotopic (exact) mass is 307 g/mol. The van der Waals surface area contributed by atoms with Gasteiger partial charge in [0.15, 0.2) is 0 Å². The Morgan fingerprint density at radius 3 is 2.83 bits per heavy atom. The van der Waals surface area contributed by atoms with E-state index in [0.29, 0.717) is 5.92 Å². The molecule has 0 saturated heterocycles. The van der Waals surface area contributed by atoms with Crippen molar-refractivity contribution in [2.75, 3.05) is 11.9 Å². The van der Waals surface area contributed by atoms with Gasteiger partial charge in [0.2, 0.25) is 5.95 Å². The molecule has 0 fully saturated rings. The van der Waals surface area contributed by atoms with Crippen molar-refractivity contribution in [1.29, 1.82) is 0 Å². The lowest BCUT2D eigenvalue weighted by molar-refractivity contribution is 0.683. The Morgan fingerprint density at radius 2 is 2.17 bits per heavy atom. The van der Waals surface area contributed by atoms with Crippen molar-refractivity contribution < 1.29 is 0 Å². The van der Waals surface area contributed by atoms with Crippen molar-refractivity contribution in [3.8, 4) is 5.69 Å². The third kappa shape index (κ3) is 2.93. The van der Waals surface area contributed by atoms with Crippen LogP contribution in [0.4, 0.5) is 5.95 Å². The minimum Gasteiger partial charge on any atom is -0.355 e. The average Bonchev–Trinajstić information content (AvgIpc) is 2.78. The number of aromatic nitrogens is 2. The van der Waals surface area contributed by atoms with E-state index in [1.54, 1.807) is 0 Å². The number of nitrogens with zero attached hydrogens (tertiary/aromatic N) is 2. The summed E-state index contributed by atoms with van der Waals surface area (Å²) in [4.78, 5) is 4.36. The van der Waals surface area contributed by atoms with Gasteiger partial charge in [-0.1, -0.05) is 29.8 Å². The molecule has 3 nitrogen and oxygen atoms in total. The lowest BCUT2D eigenvalue weighted by Gasteiger charge is -2.12. The van der Waals surface area contributed by atoms with E-state index >= 15 is 0 Å². The number of hydrogen-bond acceptors (Lipinski definition) is 2. The predicted molar refractivity (Wildman–Crippen MR) is 79.3 cm³/mol. The molecule has 1 heterocycles. The highest BCUT2D eigenvalue weighted by molar-refractivity contribution is 9.10. The zero-order valence-corrected chi connectivity index (χ0v) is 12.5. The van der Waals surface area contributed by atoms with E-state index < -0.39 is 0 Å². The molecule has 0 aliphatic carbocycles. The first-order chi connectivity index (χ1) is 8.58. The molecule has 96 valence electrons. The maximum absolute atomic E-state index is 4.36. The summed E-state index contributed by atoms with van der Waals surface area (Å²) in [6, 6.07) is 6.29. The van der Waals surface area contributed by atoms with Crippen molar-refractivity contribution in [2.24, 2.45) is 5.92 Å². The summed E-state index contributed by atoms with van der Waals surface area (Å²) in [5.74, 6) is 1.49. The van der Waals surface area contributed by atoms with Gasteiger partial charge in [-0.25, -0.2) is 4.98 Å². The van der Waals surface area contributed by atoms with Crippen LogP contribution in [0.5, 0.6) is 0 Å². The number of hydrogen-bond donors (Lipinski definition) is 1. The van der Waals surface area contributed by atoms with E-state index in [2.05, 4.69) is 69.8 Å². The van der Waals surface area contributed by atoms with Gasteiger partial charge in [0, 0.05) is 29.1 Å². The summed E-state index contributed by atoms with van der Waals surface area (Å²) < 4.78 is 3.20. The van der Waals surface area contributed by atoms with Gasteiger partial charge in [0.25, 0.3) is 0 Å². The van der Waals surface area contributed by atoms with Crippen LogP contribution in [-0.4, -0.2) is 16.1 Å². The molecule has 0 amide bonds. The number of benzene rings is 1. The molecule has 0 unspecified atom stereocenters. The molecule has 0 bridgehead atoms. The highest BCUT2D eigenvalue weighted by Gasteiger charge is 2.06. The highest BCUT2D eigenvalue weighted by Crippen LogP contribution is 2.21. The Kier molecular flexibility index (Phi) is 4.07. The molecule has 18 heavy (non-hydrogen) atoms. The van der Waals surface area contributed by atoms with Crippen molar-refractivity contribution in [1.82, 2.24) is 9.55 Å². The topological polar surface area (TPSA) is 29.9 Å². The Hall–Kier alpha value is -1.29. The van der Waals surface area contributed by atoms with Gasteiger partial charge in [-0.05, 0) is 36.6 Å². The zero-order chi connectivity index (χ0) is 13.1. The van der Waals surface area contributed by atoms with E-state index in [-0.39, 0.29) is 0 Å². The van der Waals surface area contributed by atoms with Crippen LogP contribution < -0.4 is 5.32 Å². The molecule has 0 radical (unpaired) electrons. The fourth-order valence-corrected chi connectivity index (χ4v) is 1.96. The Labute approximate surface area is 116 Å². The van der Waals surface area contributed by atoms with Gasteiger partial charge in [0.1, 0.15) is 0 Å². The number of rotatable bonds is 4. The minimum absolute atomic E-state index is 0.599. The van der Waals surface area contributed by atoms with Gasteiger partial charge in [-0.3, -0.25) is 4.57 Å². The summed E-state index contributed by atoms with van der Waals surface area (Å²) in [6.45, 7) is 7.38. The zero-order valence-electron chi connectivity index (χ0n) is 10.9. The number of halogens is 1. The number of aryl methyl sites for hydroxylation is 1. The Balaban J connectivity index is 2.27. The van der Waals surface area contributed by atoms with Crippen LogP contribution in [0.25, 0.3) is 5.69 Å². The largest absolute Gasteiger partial charge is 0.355 e. The second-order valence-corrected chi connectivity index (χ2v) is 5.68. The fourth-order valence-electron chi connectivity index (χ4n) is 1.72. The maximum Gasteiger partial charge on any atom is 0.207 e. The normalized spacial score (nSPS) is 10.9. The molecule has 0 atom stereocenters. The summed E-state index contributed by atoms with van der Waals surface area (Å²) in [7, 11) is 0. The first-order valence-corrected chi connectivity index (χ1v) is 6.91. The molecule has 0 aliphatic rings. The molecule has 4 heteroatoms. The molecule has 1 N–H and O–H groups in total. The molecule has 1 aromatic carbocycles. The summed E-state index contributed by atoms with van der Waals surface area (Å²) in [5.41, 5.74) is 2.34. The molecular weight excluding hydrogens is 290 g/mol. The fraction of sp³-hybridized carbons (Fsp3) is 0.357. The quantitative estimate of drug-likeness (QED) is 0.925. The number of anilines is 1. The summed E-state index contributed by atoms with van der Waals surface area (Å²) >= 11 is 3.52. The van der Waals surface area contributed by atoms with Gasteiger partial charge in [-0.2, -0.15) is 0 Å². The average molecular weight is 308 g/mol. The minimum atomic E-state index is 0.599. The lowest BCUT2D eigenvalue weighted by Crippen LogP contribution is -2.12. The van der Waals surface area contributed by atoms with Gasteiger partial charge in [-0.15, -0.1) is 0 Å². The van der Waals surface area contributed by atoms with Crippen LogP contribution in [0.3, 0.4) is 0 Å². The van der Waals surface area contributed by atoms with Gasteiger partial charge in [0.05, 0.1) is 0 Å². The van der Waals surface area contributed by atoms with Gasteiger partial charge >= 0.3 is 0 Å². The van der Waals surface area contributed by atoms with Crippen LogP contribution in [0, 0.1) is 12.8 Å². The molecule has 0 spiro atoms. The molecular formula is C14H18BrN3. The first-order valence-electron chi connectivity index (χ1n) is 6.11. The van der Waals surface area contributed by atoms with E-state index in [0.717, 1.165) is 22.7 Å². The smallest absolute Gasteiger partial charge is 0.207 e.